The zero-order valence-corrected chi connectivity index (χ0v) is 18.0. The van der Waals surface area contributed by atoms with E-state index in [1.54, 1.807) is 4.57 Å². The highest BCUT2D eigenvalue weighted by Gasteiger charge is 2.35. The van der Waals surface area contributed by atoms with Gasteiger partial charge in [-0.25, -0.2) is 9.97 Å². The molecule has 5 aromatic rings. The molecular weight excluding hydrogens is 445 g/mol. The number of rotatable bonds is 5. The number of aromatic nitrogens is 7. The number of aryl methyl sites for hydroxylation is 1. The van der Waals surface area contributed by atoms with Gasteiger partial charge < -0.3 is 10.3 Å². The molecule has 0 saturated heterocycles. The molecule has 3 aromatic heterocycles. The quantitative estimate of drug-likeness (QED) is 0.397. The molecule has 172 valence electrons. The van der Waals surface area contributed by atoms with Crippen molar-refractivity contribution < 1.29 is 13.2 Å². The number of anilines is 1. The monoisotopic (exact) mass is 464 g/mol. The van der Waals surface area contributed by atoms with Crippen LogP contribution in [-0.2, 0) is 19.1 Å². The molecule has 0 fully saturated rings. The van der Waals surface area contributed by atoms with Crippen molar-refractivity contribution in [2.75, 3.05) is 5.73 Å². The molecule has 0 aliphatic carbocycles. The fourth-order valence-electron chi connectivity index (χ4n) is 3.98. The first-order valence-electron chi connectivity index (χ1n) is 10.5. The molecule has 0 saturated carbocycles. The van der Waals surface area contributed by atoms with Crippen molar-refractivity contribution in [3.05, 3.63) is 71.5 Å². The fraction of sp³-hybridized carbons (Fsp3) is 0.174. The minimum atomic E-state index is -4.58. The third kappa shape index (κ3) is 3.85. The van der Waals surface area contributed by atoms with Crippen molar-refractivity contribution >= 4 is 17.0 Å². The number of H-pyrrole nitrogens is 1. The van der Waals surface area contributed by atoms with Gasteiger partial charge in [0.05, 0.1) is 12.1 Å². The maximum Gasteiger partial charge on any atom is 0.418 e. The van der Waals surface area contributed by atoms with E-state index in [2.05, 4.69) is 30.6 Å². The Morgan fingerprint density at radius 3 is 2.38 bits per heavy atom. The summed E-state index contributed by atoms with van der Waals surface area (Å²) in [5.74, 6) is 0.795. The van der Waals surface area contributed by atoms with Gasteiger partial charge in [0.1, 0.15) is 17.2 Å². The van der Waals surface area contributed by atoms with Crippen LogP contribution in [0.3, 0.4) is 0 Å². The Hall–Kier alpha value is -4.28. The number of nitrogens with two attached hydrogens (primary N) is 1. The molecular formula is C23H19F3N8. The molecule has 0 spiro atoms. The highest BCUT2D eigenvalue weighted by atomic mass is 19.4. The lowest BCUT2D eigenvalue weighted by Gasteiger charge is -2.11. The van der Waals surface area contributed by atoms with Crippen LogP contribution in [0, 0.1) is 0 Å². The molecule has 11 heteroatoms. The van der Waals surface area contributed by atoms with E-state index in [4.69, 9.17) is 5.73 Å². The van der Waals surface area contributed by atoms with Gasteiger partial charge in [-0.1, -0.05) is 55.5 Å². The molecule has 3 N–H and O–H groups in total. The van der Waals surface area contributed by atoms with Crippen LogP contribution in [0.4, 0.5) is 19.0 Å². The summed E-state index contributed by atoms with van der Waals surface area (Å²) in [5.41, 5.74) is 8.34. The van der Waals surface area contributed by atoms with Crippen molar-refractivity contribution in [1.29, 1.82) is 0 Å². The zero-order valence-electron chi connectivity index (χ0n) is 18.0. The maximum atomic E-state index is 13.6. The van der Waals surface area contributed by atoms with Crippen LogP contribution < -0.4 is 5.73 Å². The molecule has 0 atom stereocenters. The van der Waals surface area contributed by atoms with Gasteiger partial charge in [-0.05, 0) is 28.0 Å². The first-order chi connectivity index (χ1) is 16.3. The highest BCUT2D eigenvalue weighted by molar-refractivity contribution is 5.81. The van der Waals surface area contributed by atoms with Gasteiger partial charge in [-0.2, -0.15) is 18.4 Å². The Bertz CT molecular complexity index is 1450. The second kappa shape index (κ2) is 8.25. The summed E-state index contributed by atoms with van der Waals surface area (Å²) >= 11 is 0. The third-order valence-corrected chi connectivity index (χ3v) is 5.54. The van der Waals surface area contributed by atoms with Crippen LogP contribution in [0.1, 0.15) is 23.9 Å². The molecule has 0 amide bonds. The molecule has 0 aliphatic heterocycles. The summed E-state index contributed by atoms with van der Waals surface area (Å²) < 4.78 is 42.4. The second-order valence-corrected chi connectivity index (χ2v) is 7.71. The summed E-state index contributed by atoms with van der Waals surface area (Å²) in [4.78, 5) is 8.42. The number of hydrogen-bond donors (Lipinski definition) is 2. The molecule has 8 nitrogen and oxygen atoms in total. The Kier molecular flexibility index (Phi) is 5.23. The lowest BCUT2D eigenvalue weighted by Crippen LogP contribution is -2.09. The van der Waals surface area contributed by atoms with E-state index in [1.165, 1.54) is 0 Å². The number of fused-ring (bicyclic) bond motifs is 1. The standard InChI is InChI=1S/C23H19F3N8/c1-2-19-29-20-17(23(24,25)26)11-18(27)28-22(20)34(19)12-13-7-9-14(10-8-13)15-5-3-4-6-16(15)21-30-32-33-31-21/h3-11H,2,12H2,1H3,(H2,27,28)(H,30,31,32,33). The topological polar surface area (TPSA) is 111 Å². The number of benzene rings is 2. The van der Waals surface area contributed by atoms with Crippen molar-refractivity contribution in [1.82, 2.24) is 35.2 Å². The van der Waals surface area contributed by atoms with Crippen molar-refractivity contribution in [3.63, 3.8) is 0 Å². The summed E-state index contributed by atoms with van der Waals surface area (Å²) in [5, 5.41) is 14.2. The number of nitrogens with one attached hydrogen (secondary N) is 1. The number of aromatic amines is 1. The van der Waals surface area contributed by atoms with E-state index in [0.29, 0.717) is 24.6 Å². The Morgan fingerprint density at radius 2 is 1.74 bits per heavy atom. The molecule has 5 rings (SSSR count). The number of tetrazole rings is 1. The Balaban J connectivity index is 1.52. The minimum Gasteiger partial charge on any atom is -0.384 e. The van der Waals surface area contributed by atoms with E-state index in [-0.39, 0.29) is 17.0 Å². The molecule has 0 radical (unpaired) electrons. The van der Waals surface area contributed by atoms with Crippen LogP contribution in [0.5, 0.6) is 0 Å². The van der Waals surface area contributed by atoms with E-state index in [0.717, 1.165) is 28.3 Å². The van der Waals surface area contributed by atoms with E-state index in [9.17, 15) is 13.2 Å². The van der Waals surface area contributed by atoms with Crippen LogP contribution in [0.2, 0.25) is 0 Å². The maximum absolute atomic E-state index is 13.6. The second-order valence-electron chi connectivity index (χ2n) is 7.71. The van der Waals surface area contributed by atoms with Gasteiger partial charge in [0.2, 0.25) is 5.82 Å². The van der Waals surface area contributed by atoms with Crippen LogP contribution in [-0.4, -0.2) is 35.2 Å². The summed E-state index contributed by atoms with van der Waals surface area (Å²) in [6, 6.07) is 16.3. The van der Waals surface area contributed by atoms with Gasteiger partial charge in [0, 0.05) is 12.0 Å². The van der Waals surface area contributed by atoms with Gasteiger partial charge >= 0.3 is 6.18 Å². The van der Waals surface area contributed by atoms with Crippen LogP contribution in [0.15, 0.2) is 54.6 Å². The number of imidazole rings is 1. The molecule has 34 heavy (non-hydrogen) atoms. The molecule has 0 bridgehead atoms. The third-order valence-electron chi connectivity index (χ3n) is 5.54. The lowest BCUT2D eigenvalue weighted by molar-refractivity contribution is -0.136. The van der Waals surface area contributed by atoms with Crippen molar-refractivity contribution in [3.8, 4) is 22.5 Å². The van der Waals surface area contributed by atoms with Crippen LogP contribution >= 0.6 is 0 Å². The average molecular weight is 464 g/mol. The van der Waals surface area contributed by atoms with E-state index >= 15 is 0 Å². The number of halogens is 3. The number of nitrogens with zero attached hydrogens (tertiary/aromatic N) is 6. The summed E-state index contributed by atoms with van der Waals surface area (Å²) in [6.07, 6.45) is -4.13. The Morgan fingerprint density at radius 1 is 1.00 bits per heavy atom. The minimum absolute atomic E-state index is 0.121. The average Bonchev–Trinajstić information content (AvgIpc) is 3.47. The van der Waals surface area contributed by atoms with E-state index < -0.39 is 11.7 Å². The van der Waals surface area contributed by atoms with Gasteiger partial charge in [-0.15, -0.1) is 10.2 Å². The molecule has 3 heterocycles. The number of pyridine rings is 1. The first-order valence-corrected chi connectivity index (χ1v) is 10.5. The smallest absolute Gasteiger partial charge is 0.384 e. The number of alkyl halides is 3. The SMILES string of the molecule is CCc1nc2c(C(F)(F)F)cc(N)nc2n1Cc1ccc(-c2ccccc2-c2nn[nH]n2)cc1. The highest BCUT2D eigenvalue weighted by Crippen LogP contribution is 2.36. The number of nitrogen functional groups attached to an aromatic ring is 1. The molecule has 0 unspecified atom stereocenters. The van der Waals surface area contributed by atoms with E-state index in [1.807, 2.05) is 55.5 Å². The Labute approximate surface area is 191 Å². The predicted octanol–water partition coefficient (Wildman–Crippen LogP) is 4.49. The van der Waals surface area contributed by atoms with Gasteiger partial charge in [0.15, 0.2) is 5.65 Å². The van der Waals surface area contributed by atoms with Gasteiger partial charge in [-0.3, -0.25) is 0 Å². The fourth-order valence-corrected chi connectivity index (χ4v) is 3.98. The predicted molar refractivity (Wildman–Crippen MR) is 120 cm³/mol. The largest absolute Gasteiger partial charge is 0.418 e. The molecule has 2 aromatic carbocycles. The van der Waals surface area contributed by atoms with Crippen molar-refractivity contribution in [2.45, 2.75) is 26.1 Å². The lowest BCUT2D eigenvalue weighted by atomic mass is 9.98. The summed E-state index contributed by atoms with van der Waals surface area (Å²) in [6.45, 7) is 2.15. The van der Waals surface area contributed by atoms with Crippen molar-refractivity contribution in [2.24, 2.45) is 0 Å². The summed E-state index contributed by atoms with van der Waals surface area (Å²) in [7, 11) is 0. The van der Waals surface area contributed by atoms with Crippen LogP contribution in [0.25, 0.3) is 33.7 Å². The first kappa shape index (κ1) is 21.6. The zero-order chi connectivity index (χ0) is 23.9. The molecule has 0 aliphatic rings. The van der Waals surface area contributed by atoms with Gasteiger partial charge in [0.25, 0.3) is 0 Å². The normalized spacial score (nSPS) is 11.9. The number of hydrogen-bond acceptors (Lipinski definition) is 6.